The Balaban J connectivity index is 1.97. The summed E-state index contributed by atoms with van der Waals surface area (Å²) in [6.45, 7) is 4.10. The lowest BCUT2D eigenvalue weighted by atomic mass is 10.4. The molecule has 70 valence electrons. The second-order valence-corrected chi connectivity index (χ2v) is 3.44. The van der Waals surface area contributed by atoms with Crippen LogP contribution in [0, 0.1) is 0 Å². The number of carbonyl (C=O) groups excluding carboxylic acids is 1. The van der Waals surface area contributed by atoms with Crippen molar-refractivity contribution in [2.45, 2.75) is 12.8 Å². The summed E-state index contributed by atoms with van der Waals surface area (Å²) in [5.74, 6) is 0. The van der Waals surface area contributed by atoms with Crippen LogP contribution in [0.15, 0.2) is 0 Å². The number of carbonyl (C=O) groups is 1. The minimum absolute atomic E-state index is 0.102. The number of urea groups is 1. The monoisotopic (exact) mass is 283 g/mol. The van der Waals surface area contributed by atoms with E-state index in [4.69, 9.17) is 0 Å². The van der Waals surface area contributed by atoms with E-state index in [0.717, 1.165) is 13.1 Å². The topological polar surface area (TPSA) is 44.4 Å². The quantitative estimate of drug-likeness (QED) is 0.592. The molecule has 0 radical (unpaired) electrons. The van der Waals surface area contributed by atoms with Crippen molar-refractivity contribution in [3.05, 3.63) is 0 Å². The minimum atomic E-state index is -0.102. The van der Waals surface area contributed by atoms with Crippen molar-refractivity contribution in [2.24, 2.45) is 0 Å². The zero-order valence-corrected chi connectivity index (χ0v) is 9.13. The molecule has 1 heterocycles. The van der Waals surface area contributed by atoms with E-state index >= 15 is 0 Å². The molecule has 0 atom stereocenters. The largest absolute Gasteiger partial charge is 0.336 e. The van der Waals surface area contributed by atoms with Gasteiger partial charge in [-0.15, -0.1) is 0 Å². The normalized spacial score (nSPS) is 17.8. The van der Waals surface area contributed by atoms with Crippen molar-refractivity contribution >= 4 is 28.9 Å². The molecule has 0 aromatic heterocycles. The Hall–Kier alpha value is -0.0400. The van der Waals surface area contributed by atoms with Gasteiger partial charge in [0, 0.05) is 13.1 Å². The maximum absolute atomic E-state index is 10.7. The van der Waals surface area contributed by atoms with Crippen LogP contribution < -0.4 is 8.85 Å². The molecule has 0 saturated carbocycles. The van der Waals surface area contributed by atoms with E-state index < -0.39 is 0 Å². The van der Waals surface area contributed by atoms with Gasteiger partial charge in [0.05, 0.1) is 22.9 Å². The fourth-order valence-electron chi connectivity index (χ4n) is 1.37. The molecular weight excluding hydrogens is 269 g/mol. The van der Waals surface area contributed by atoms with Crippen LogP contribution in [0.5, 0.6) is 0 Å². The molecule has 2 amide bonds. The molecule has 0 aromatic rings. The average Bonchev–Trinajstić information content (AvgIpc) is 2.57. The summed E-state index contributed by atoms with van der Waals surface area (Å²) in [7, 11) is 0. The smallest absolute Gasteiger partial charge is 0.323 e. The summed E-state index contributed by atoms with van der Waals surface area (Å²) < 4.78 is 2.49. The van der Waals surface area contributed by atoms with E-state index in [2.05, 4.69) is 13.7 Å². The lowest BCUT2D eigenvalue weighted by molar-refractivity contribution is 0.244. The van der Waals surface area contributed by atoms with Crippen molar-refractivity contribution in [1.82, 2.24) is 13.7 Å². The third-order valence-corrected chi connectivity index (χ3v) is 2.49. The van der Waals surface area contributed by atoms with Gasteiger partial charge in [0.1, 0.15) is 0 Å². The van der Waals surface area contributed by atoms with E-state index in [1.165, 1.54) is 25.9 Å². The number of nitrogens with zero attached hydrogens (tertiary/aromatic N) is 1. The van der Waals surface area contributed by atoms with E-state index in [9.17, 15) is 4.79 Å². The second kappa shape index (κ2) is 5.58. The SMILES string of the molecule is O=C(NI)NCCN1CCCC1. The molecule has 1 rings (SSSR count). The minimum Gasteiger partial charge on any atom is -0.336 e. The van der Waals surface area contributed by atoms with Crippen molar-refractivity contribution in [3.63, 3.8) is 0 Å². The average molecular weight is 283 g/mol. The Morgan fingerprint density at radius 2 is 2.08 bits per heavy atom. The number of amides is 2. The third kappa shape index (κ3) is 3.57. The maximum Gasteiger partial charge on any atom is 0.323 e. The Morgan fingerprint density at radius 1 is 1.42 bits per heavy atom. The zero-order chi connectivity index (χ0) is 8.81. The first kappa shape index (κ1) is 10.0. The van der Waals surface area contributed by atoms with E-state index in [0.29, 0.717) is 0 Å². The summed E-state index contributed by atoms with van der Waals surface area (Å²) >= 11 is 1.83. The summed E-state index contributed by atoms with van der Waals surface area (Å²) in [4.78, 5) is 13.1. The van der Waals surface area contributed by atoms with Crippen LogP contribution in [-0.4, -0.2) is 37.1 Å². The molecule has 0 aliphatic carbocycles. The highest BCUT2D eigenvalue weighted by molar-refractivity contribution is 14.1. The first-order chi connectivity index (χ1) is 5.83. The predicted molar refractivity (Wildman–Crippen MR) is 56.2 cm³/mol. The van der Waals surface area contributed by atoms with Gasteiger partial charge >= 0.3 is 6.03 Å². The van der Waals surface area contributed by atoms with Gasteiger partial charge in [-0.05, 0) is 25.9 Å². The third-order valence-electron chi connectivity index (χ3n) is 2.00. The van der Waals surface area contributed by atoms with Gasteiger partial charge in [-0.2, -0.15) is 0 Å². The van der Waals surface area contributed by atoms with Gasteiger partial charge in [0.2, 0.25) is 0 Å². The summed E-state index contributed by atoms with van der Waals surface area (Å²) in [6.07, 6.45) is 2.61. The van der Waals surface area contributed by atoms with Gasteiger partial charge in [0.15, 0.2) is 0 Å². The van der Waals surface area contributed by atoms with Crippen LogP contribution in [0.2, 0.25) is 0 Å². The molecule has 2 N–H and O–H groups in total. The van der Waals surface area contributed by atoms with Crippen molar-refractivity contribution in [3.8, 4) is 0 Å². The molecule has 4 nitrogen and oxygen atoms in total. The van der Waals surface area contributed by atoms with Gasteiger partial charge in [-0.25, -0.2) is 4.79 Å². The van der Waals surface area contributed by atoms with Gasteiger partial charge in [0.25, 0.3) is 0 Å². The maximum atomic E-state index is 10.7. The zero-order valence-electron chi connectivity index (χ0n) is 6.98. The van der Waals surface area contributed by atoms with Crippen LogP contribution in [0.3, 0.4) is 0 Å². The van der Waals surface area contributed by atoms with E-state index in [1.54, 1.807) is 0 Å². The fraction of sp³-hybridized carbons (Fsp3) is 0.857. The number of halogens is 1. The van der Waals surface area contributed by atoms with Crippen LogP contribution >= 0.6 is 22.9 Å². The number of rotatable bonds is 3. The number of hydrogen-bond acceptors (Lipinski definition) is 2. The van der Waals surface area contributed by atoms with Crippen molar-refractivity contribution in [1.29, 1.82) is 0 Å². The standard InChI is InChI=1S/C7H14IN3O/c8-10-7(12)9-3-6-11-4-1-2-5-11/h1-6H2,(H2,9,10,12). The first-order valence-electron chi connectivity index (χ1n) is 4.20. The van der Waals surface area contributed by atoms with E-state index in [1.807, 2.05) is 22.9 Å². The van der Waals surface area contributed by atoms with Crippen LogP contribution in [0.4, 0.5) is 4.79 Å². The first-order valence-corrected chi connectivity index (χ1v) is 5.27. The van der Waals surface area contributed by atoms with Gasteiger partial charge < -0.3 is 10.2 Å². The Morgan fingerprint density at radius 3 is 2.67 bits per heavy atom. The van der Waals surface area contributed by atoms with E-state index in [-0.39, 0.29) is 6.03 Å². The highest BCUT2D eigenvalue weighted by atomic mass is 127. The molecule has 0 aromatic carbocycles. The highest BCUT2D eigenvalue weighted by Crippen LogP contribution is 2.05. The molecule has 0 bridgehead atoms. The highest BCUT2D eigenvalue weighted by Gasteiger charge is 2.10. The molecule has 5 heteroatoms. The van der Waals surface area contributed by atoms with Gasteiger partial charge in [-0.3, -0.25) is 3.53 Å². The Labute approximate surface area is 86.6 Å². The number of hydrogen-bond donors (Lipinski definition) is 2. The van der Waals surface area contributed by atoms with Crippen molar-refractivity contribution in [2.75, 3.05) is 26.2 Å². The Bertz CT molecular complexity index is 148. The molecule has 1 aliphatic rings. The lowest BCUT2D eigenvalue weighted by Crippen LogP contribution is -2.36. The summed E-state index contributed by atoms with van der Waals surface area (Å²) in [5, 5.41) is 2.76. The summed E-state index contributed by atoms with van der Waals surface area (Å²) in [5.41, 5.74) is 0. The number of likely N-dealkylation sites (tertiary alicyclic amines) is 1. The Kier molecular flexibility index (Phi) is 4.67. The van der Waals surface area contributed by atoms with Crippen LogP contribution in [0.1, 0.15) is 12.8 Å². The fourth-order valence-corrected chi connectivity index (χ4v) is 1.56. The molecule has 12 heavy (non-hydrogen) atoms. The predicted octanol–water partition coefficient (Wildman–Crippen LogP) is 0.731. The molecule has 0 spiro atoms. The van der Waals surface area contributed by atoms with Gasteiger partial charge in [-0.1, -0.05) is 0 Å². The second-order valence-electron chi connectivity index (χ2n) is 2.90. The van der Waals surface area contributed by atoms with Crippen molar-refractivity contribution < 1.29 is 4.79 Å². The molecule has 1 fully saturated rings. The summed E-state index contributed by atoms with van der Waals surface area (Å²) in [6, 6.07) is -0.102. The molecule has 1 saturated heterocycles. The number of nitrogens with one attached hydrogen (secondary N) is 2. The molecule has 1 aliphatic heterocycles. The lowest BCUT2D eigenvalue weighted by Gasteiger charge is -2.13. The van der Waals surface area contributed by atoms with Crippen LogP contribution in [-0.2, 0) is 0 Å². The van der Waals surface area contributed by atoms with Crippen LogP contribution in [0.25, 0.3) is 0 Å². The molecule has 0 unspecified atom stereocenters. The molecular formula is C7H14IN3O.